The lowest BCUT2D eigenvalue weighted by Gasteiger charge is -2.38. The van der Waals surface area contributed by atoms with E-state index in [1.165, 1.54) is 0 Å². The maximum atomic E-state index is 13.3. The molecule has 41 heavy (non-hydrogen) atoms. The third kappa shape index (κ3) is 4.77. The zero-order valence-electron chi connectivity index (χ0n) is 22.5. The summed E-state index contributed by atoms with van der Waals surface area (Å²) in [6, 6.07) is 17.5. The fourth-order valence-corrected chi connectivity index (χ4v) is 6.64. The number of thiazole rings is 1. The molecule has 2 aromatic carbocycles. The molecular weight excluding hydrogens is 542 g/mol. The van der Waals surface area contributed by atoms with Crippen LogP contribution in [0.25, 0.3) is 11.6 Å². The first-order valence-electron chi connectivity index (χ1n) is 13.7. The number of benzene rings is 2. The van der Waals surface area contributed by atoms with E-state index in [-0.39, 0.29) is 23.4 Å². The Morgan fingerprint density at radius 1 is 1.07 bits per heavy atom. The van der Waals surface area contributed by atoms with Crippen LogP contribution in [0.4, 0.5) is 16.7 Å². The van der Waals surface area contributed by atoms with Crippen LogP contribution in [0.5, 0.6) is 0 Å². The van der Waals surface area contributed by atoms with Crippen LogP contribution in [-0.2, 0) is 19.9 Å². The number of fused-ring (bicyclic) bond motifs is 1. The highest BCUT2D eigenvalue weighted by molar-refractivity contribution is 7.16. The van der Waals surface area contributed by atoms with Crippen molar-refractivity contribution in [2.45, 2.75) is 31.0 Å². The second-order valence-electron chi connectivity index (χ2n) is 10.2. The number of hydrogen-bond donors (Lipinski definition) is 2. The normalized spacial score (nSPS) is 19.9. The van der Waals surface area contributed by atoms with Gasteiger partial charge in [-0.2, -0.15) is 0 Å². The maximum Gasteiger partial charge on any atom is 0.317 e. The van der Waals surface area contributed by atoms with E-state index < -0.39 is 6.17 Å². The number of rotatable bonds is 7. The first-order valence-corrected chi connectivity index (χ1v) is 14.5. The number of amides is 1. The minimum Gasteiger partial charge on any atom is -0.402 e. The van der Waals surface area contributed by atoms with Crippen molar-refractivity contribution >= 4 is 39.7 Å². The summed E-state index contributed by atoms with van der Waals surface area (Å²) in [7, 11) is 1.74. The number of nitrogens with zero attached hydrogens (tertiary/aromatic N) is 5. The topological polar surface area (TPSA) is 127 Å². The van der Waals surface area contributed by atoms with Crippen LogP contribution in [0.2, 0.25) is 0 Å². The molecule has 3 aliphatic rings. The molecule has 12 heteroatoms. The summed E-state index contributed by atoms with van der Waals surface area (Å²) in [6.07, 6.45) is 1.96. The molecule has 7 rings (SSSR count). The number of methoxy groups -OCH3 is 1. The molecule has 2 N–H and O–H groups in total. The second kappa shape index (κ2) is 10.7. The minimum atomic E-state index is -0.998. The first-order chi connectivity index (χ1) is 20.1. The summed E-state index contributed by atoms with van der Waals surface area (Å²) in [6.45, 7) is 2.76. The van der Waals surface area contributed by atoms with Gasteiger partial charge in [0.2, 0.25) is 6.17 Å². The zero-order valence-corrected chi connectivity index (χ0v) is 23.3. The molecule has 11 nitrogen and oxygen atoms in total. The molecule has 2 aliphatic heterocycles. The predicted molar refractivity (Wildman–Crippen MR) is 156 cm³/mol. The van der Waals surface area contributed by atoms with Crippen molar-refractivity contribution < 1.29 is 18.7 Å². The highest BCUT2D eigenvalue weighted by atomic mass is 32.1. The van der Waals surface area contributed by atoms with E-state index in [1.54, 1.807) is 18.4 Å². The lowest BCUT2D eigenvalue weighted by atomic mass is 9.80. The number of aliphatic imine (C=N–C) groups is 1. The van der Waals surface area contributed by atoms with Crippen LogP contribution >= 0.6 is 11.3 Å². The van der Waals surface area contributed by atoms with E-state index in [4.69, 9.17) is 23.9 Å². The van der Waals surface area contributed by atoms with Gasteiger partial charge in [0.1, 0.15) is 15.6 Å². The summed E-state index contributed by atoms with van der Waals surface area (Å²) in [5.41, 5.74) is 3.33. The third-order valence-corrected chi connectivity index (χ3v) is 9.03. The highest BCUT2D eigenvalue weighted by Gasteiger charge is 2.43. The molecule has 1 saturated heterocycles. The van der Waals surface area contributed by atoms with Crippen LogP contribution < -0.4 is 15.5 Å². The van der Waals surface area contributed by atoms with Crippen molar-refractivity contribution in [1.29, 1.82) is 0 Å². The number of hydrogen-bond acceptors (Lipinski definition) is 11. The molecule has 1 atom stereocenters. The number of nitrogens with one attached hydrogen (secondary N) is 2. The van der Waals surface area contributed by atoms with E-state index in [2.05, 4.69) is 25.7 Å². The number of benzodiazepines with no additional fused rings is 1. The van der Waals surface area contributed by atoms with Gasteiger partial charge in [0.05, 0.1) is 24.6 Å². The number of anilines is 3. The summed E-state index contributed by atoms with van der Waals surface area (Å²) in [4.78, 5) is 25.3. The fraction of sp³-hybridized carbons (Fsp3) is 0.345. The number of morpholine rings is 1. The molecule has 0 bridgehead atoms. The van der Waals surface area contributed by atoms with Gasteiger partial charge in [0.15, 0.2) is 5.69 Å². The van der Waals surface area contributed by atoms with Crippen molar-refractivity contribution in [3.8, 4) is 11.6 Å². The van der Waals surface area contributed by atoms with Crippen LogP contribution in [0, 0.1) is 0 Å². The smallest absolute Gasteiger partial charge is 0.317 e. The van der Waals surface area contributed by atoms with Crippen molar-refractivity contribution in [3.63, 3.8) is 0 Å². The van der Waals surface area contributed by atoms with Gasteiger partial charge < -0.3 is 29.4 Å². The lowest BCUT2D eigenvalue weighted by Crippen LogP contribution is -2.36. The second-order valence-corrected chi connectivity index (χ2v) is 11.1. The van der Waals surface area contributed by atoms with Gasteiger partial charge in [0, 0.05) is 31.3 Å². The molecule has 1 saturated carbocycles. The fourth-order valence-electron chi connectivity index (χ4n) is 5.31. The SMILES string of the molecule is COC1(c2nc(-c3nnc(NC4N=C(c5ccccc5)c5ccccc5NC4=O)o3)c(N3CCOCC3)s2)CCC1. The molecule has 4 heterocycles. The van der Waals surface area contributed by atoms with Crippen molar-refractivity contribution in [1.82, 2.24) is 15.2 Å². The molecule has 210 valence electrons. The summed E-state index contributed by atoms with van der Waals surface area (Å²) >= 11 is 1.61. The van der Waals surface area contributed by atoms with Crippen molar-refractivity contribution in [2.75, 3.05) is 48.9 Å². The lowest BCUT2D eigenvalue weighted by molar-refractivity contribution is -0.116. The van der Waals surface area contributed by atoms with Gasteiger partial charge in [-0.3, -0.25) is 4.79 Å². The minimum absolute atomic E-state index is 0.0786. The van der Waals surface area contributed by atoms with Gasteiger partial charge >= 0.3 is 6.01 Å². The number of carbonyl (C=O) groups is 1. The Labute approximate surface area is 240 Å². The van der Waals surface area contributed by atoms with Crippen LogP contribution in [0.1, 0.15) is 35.4 Å². The Bertz CT molecular complexity index is 1590. The maximum absolute atomic E-state index is 13.3. The van der Waals surface area contributed by atoms with Gasteiger partial charge in [0.25, 0.3) is 11.8 Å². The monoisotopic (exact) mass is 571 g/mol. The molecule has 1 aliphatic carbocycles. The van der Waals surface area contributed by atoms with Crippen LogP contribution in [-0.4, -0.2) is 66.4 Å². The van der Waals surface area contributed by atoms with E-state index >= 15 is 0 Å². The standard InChI is InChI=1S/C29H29N7O4S/c1-38-29(12-7-13-29)27-32-22(26(41-27)36-14-16-39-17-15-36)25-34-35-28(40-25)33-23-24(37)30-20-11-6-5-10-19(20)21(31-23)18-8-3-2-4-9-18/h2-6,8-11,23H,7,12-17H2,1H3,(H,30,37)(H,33,35). The largest absolute Gasteiger partial charge is 0.402 e. The summed E-state index contributed by atoms with van der Waals surface area (Å²) in [5, 5.41) is 16.4. The van der Waals surface area contributed by atoms with Crippen LogP contribution in [0.3, 0.4) is 0 Å². The Balaban J connectivity index is 1.22. The quantitative estimate of drug-likeness (QED) is 0.334. The molecule has 0 radical (unpaired) electrons. The molecule has 1 unspecified atom stereocenters. The summed E-state index contributed by atoms with van der Waals surface area (Å²) in [5.74, 6) is -0.0632. The van der Waals surface area contributed by atoms with Crippen LogP contribution in [0.15, 0.2) is 64.0 Å². The number of ether oxygens (including phenoxy) is 2. The predicted octanol–water partition coefficient (Wildman–Crippen LogP) is 4.28. The number of aromatic nitrogens is 3. The van der Waals surface area contributed by atoms with E-state index in [0.29, 0.717) is 30.3 Å². The van der Waals surface area contributed by atoms with Gasteiger partial charge in [-0.05, 0) is 25.3 Å². The number of carbonyl (C=O) groups excluding carboxylic acids is 1. The van der Waals surface area contributed by atoms with Gasteiger partial charge in [-0.25, -0.2) is 9.98 Å². The number of para-hydroxylation sites is 1. The average Bonchev–Trinajstić information content (AvgIpc) is 3.61. The molecule has 1 amide bonds. The third-order valence-electron chi connectivity index (χ3n) is 7.73. The van der Waals surface area contributed by atoms with E-state index in [1.807, 2.05) is 54.6 Å². The van der Waals surface area contributed by atoms with E-state index in [9.17, 15) is 4.79 Å². The Kier molecular flexibility index (Phi) is 6.73. The molecule has 2 aromatic heterocycles. The van der Waals surface area contributed by atoms with E-state index in [0.717, 1.165) is 53.5 Å². The van der Waals surface area contributed by atoms with Gasteiger partial charge in [-0.15, -0.1) is 5.10 Å². The van der Waals surface area contributed by atoms with Crippen molar-refractivity contribution in [3.05, 3.63) is 70.7 Å². The Hall–Kier alpha value is -4.13. The average molecular weight is 572 g/mol. The highest BCUT2D eigenvalue weighted by Crippen LogP contribution is 2.49. The Morgan fingerprint density at radius 2 is 1.85 bits per heavy atom. The molecule has 0 spiro atoms. The molecular formula is C29H29N7O4S. The zero-order chi connectivity index (χ0) is 27.8. The molecule has 2 fully saturated rings. The van der Waals surface area contributed by atoms with Crippen molar-refractivity contribution in [2.24, 2.45) is 4.99 Å². The first kappa shape index (κ1) is 25.8. The van der Waals surface area contributed by atoms with Gasteiger partial charge in [-0.1, -0.05) is 65.0 Å². The Morgan fingerprint density at radius 3 is 2.61 bits per heavy atom. The molecule has 4 aromatic rings. The summed E-state index contributed by atoms with van der Waals surface area (Å²) < 4.78 is 17.6.